The van der Waals surface area contributed by atoms with Gasteiger partial charge in [-0.3, -0.25) is 4.79 Å². The van der Waals surface area contributed by atoms with Crippen molar-refractivity contribution >= 4 is 35.1 Å². The molecule has 2 aromatic heterocycles. The van der Waals surface area contributed by atoms with Crippen LogP contribution in [0.3, 0.4) is 0 Å². The van der Waals surface area contributed by atoms with E-state index in [1.54, 1.807) is 24.3 Å². The second kappa shape index (κ2) is 7.62. The zero-order valence-electron chi connectivity index (χ0n) is 14.2. The molecule has 7 nitrogen and oxygen atoms in total. The Kier molecular flexibility index (Phi) is 5.05. The monoisotopic (exact) mass is 406 g/mol. The van der Waals surface area contributed by atoms with Gasteiger partial charge in [-0.05, 0) is 37.1 Å². The summed E-state index contributed by atoms with van der Waals surface area (Å²) in [4.78, 5) is 18.5. The van der Waals surface area contributed by atoms with Crippen LogP contribution in [0.25, 0.3) is 11.4 Å². The van der Waals surface area contributed by atoms with E-state index in [4.69, 9.17) is 32.1 Å². The number of piperidine rings is 1. The van der Waals surface area contributed by atoms with Gasteiger partial charge in [0.05, 0.1) is 11.8 Å². The van der Waals surface area contributed by atoms with Crippen molar-refractivity contribution in [2.24, 2.45) is 0 Å². The summed E-state index contributed by atoms with van der Waals surface area (Å²) in [5, 5.41) is 8.21. The largest absolute Gasteiger partial charge is 0.472 e. The molecule has 0 radical (unpaired) electrons. The summed E-state index contributed by atoms with van der Waals surface area (Å²) in [6, 6.07) is 7.25. The molecule has 140 valence electrons. The van der Waals surface area contributed by atoms with E-state index in [-0.39, 0.29) is 11.9 Å². The Morgan fingerprint density at radius 3 is 2.59 bits per heavy atom. The van der Waals surface area contributed by atoms with Gasteiger partial charge in [0.15, 0.2) is 0 Å². The van der Waals surface area contributed by atoms with Crippen LogP contribution in [0.5, 0.6) is 0 Å². The Morgan fingerprint density at radius 2 is 1.93 bits per heavy atom. The van der Waals surface area contributed by atoms with Gasteiger partial charge >= 0.3 is 6.01 Å². The van der Waals surface area contributed by atoms with E-state index in [1.165, 1.54) is 12.5 Å². The van der Waals surface area contributed by atoms with Crippen LogP contribution in [0, 0.1) is 0 Å². The molecule has 0 saturated carbocycles. The maximum atomic E-state index is 12.3. The highest BCUT2D eigenvalue weighted by molar-refractivity contribution is 6.35. The number of carbonyl (C=O) groups is 1. The molecule has 0 spiro atoms. The van der Waals surface area contributed by atoms with Crippen molar-refractivity contribution in [1.29, 1.82) is 0 Å². The van der Waals surface area contributed by atoms with Gasteiger partial charge in [-0.15, -0.1) is 0 Å². The summed E-state index contributed by atoms with van der Waals surface area (Å²) in [6.07, 6.45) is 4.53. The molecule has 0 atom stereocenters. The van der Waals surface area contributed by atoms with Crippen molar-refractivity contribution in [2.45, 2.75) is 18.9 Å². The molecule has 27 heavy (non-hydrogen) atoms. The summed E-state index contributed by atoms with van der Waals surface area (Å²) < 4.78 is 10.3. The molecule has 1 fully saturated rings. The third kappa shape index (κ3) is 4.09. The number of hydrogen-bond donors (Lipinski definition) is 1. The number of aromatic nitrogens is 2. The normalized spacial score (nSPS) is 15.1. The second-order valence-corrected chi connectivity index (χ2v) is 7.18. The summed E-state index contributed by atoms with van der Waals surface area (Å²) in [7, 11) is 0. The number of amides is 1. The quantitative estimate of drug-likeness (QED) is 0.692. The number of hydrogen-bond acceptors (Lipinski definition) is 6. The molecular weight excluding hydrogens is 391 g/mol. The molecule has 9 heteroatoms. The predicted octanol–water partition coefficient (Wildman–Crippen LogP) is 4.35. The van der Waals surface area contributed by atoms with Crippen LogP contribution in [-0.2, 0) is 0 Å². The van der Waals surface area contributed by atoms with E-state index >= 15 is 0 Å². The number of benzene rings is 1. The van der Waals surface area contributed by atoms with E-state index in [2.05, 4.69) is 15.5 Å². The van der Waals surface area contributed by atoms with Crippen molar-refractivity contribution in [3.63, 3.8) is 0 Å². The Balaban J connectivity index is 1.36. The van der Waals surface area contributed by atoms with E-state index in [0.29, 0.717) is 46.1 Å². The maximum Gasteiger partial charge on any atom is 0.322 e. The highest BCUT2D eigenvalue weighted by Gasteiger charge is 2.25. The van der Waals surface area contributed by atoms with Gasteiger partial charge < -0.3 is 19.2 Å². The van der Waals surface area contributed by atoms with Crippen molar-refractivity contribution in [3.8, 4) is 11.4 Å². The van der Waals surface area contributed by atoms with Crippen LogP contribution in [-0.4, -0.2) is 40.1 Å². The Morgan fingerprint density at radius 1 is 1.19 bits per heavy atom. The lowest BCUT2D eigenvalue weighted by Crippen LogP contribution is -2.42. The number of furan rings is 1. The summed E-state index contributed by atoms with van der Waals surface area (Å²) in [5.74, 6) is 0.398. The molecule has 1 aliphatic heterocycles. The van der Waals surface area contributed by atoms with Gasteiger partial charge in [0.2, 0.25) is 5.82 Å². The number of anilines is 1. The van der Waals surface area contributed by atoms with Crippen LogP contribution in [0.1, 0.15) is 23.2 Å². The van der Waals surface area contributed by atoms with E-state index in [0.717, 1.165) is 12.8 Å². The van der Waals surface area contributed by atoms with Crippen molar-refractivity contribution in [3.05, 3.63) is 52.4 Å². The molecule has 4 rings (SSSR count). The Hall–Kier alpha value is -2.51. The Bertz CT molecular complexity index is 914. The fraction of sp³-hybridized carbons (Fsp3) is 0.278. The third-order valence-corrected chi connectivity index (χ3v) is 4.86. The predicted molar refractivity (Wildman–Crippen MR) is 101 cm³/mol. The minimum atomic E-state index is -0.0138. The lowest BCUT2D eigenvalue weighted by molar-refractivity contribution is 0.0717. The van der Waals surface area contributed by atoms with E-state index < -0.39 is 0 Å². The summed E-state index contributed by atoms with van der Waals surface area (Å²) >= 11 is 12.0. The van der Waals surface area contributed by atoms with Crippen molar-refractivity contribution in [1.82, 2.24) is 15.0 Å². The summed E-state index contributed by atoms with van der Waals surface area (Å²) in [5.41, 5.74) is 1.26. The number of nitrogens with zero attached hydrogens (tertiary/aromatic N) is 3. The zero-order valence-corrected chi connectivity index (χ0v) is 15.7. The lowest BCUT2D eigenvalue weighted by Gasteiger charge is -2.31. The van der Waals surface area contributed by atoms with Gasteiger partial charge in [0, 0.05) is 34.7 Å². The minimum absolute atomic E-state index is 0.0138. The molecule has 0 bridgehead atoms. The van der Waals surface area contributed by atoms with Gasteiger partial charge in [-0.25, -0.2) is 0 Å². The van der Waals surface area contributed by atoms with Gasteiger partial charge in [-0.1, -0.05) is 28.4 Å². The van der Waals surface area contributed by atoms with Crippen LogP contribution >= 0.6 is 23.2 Å². The first-order valence-corrected chi connectivity index (χ1v) is 9.22. The molecule has 1 aromatic carbocycles. The van der Waals surface area contributed by atoms with Crippen molar-refractivity contribution < 1.29 is 13.7 Å². The van der Waals surface area contributed by atoms with Gasteiger partial charge in [0.25, 0.3) is 5.91 Å². The fourth-order valence-corrected chi connectivity index (χ4v) is 3.58. The number of halogens is 2. The molecule has 0 aliphatic carbocycles. The van der Waals surface area contributed by atoms with Crippen LogP contribution in [0.2, 0.25) is 10.0 Å². The maximum absolute atomic E-state index is 12.3. The van der Waals surface area contributed by atoms with Crippen molar-refractivity contribution in [2.75, 3.05) is 18.4 Å². The lowest BCUT2D eigenvalue weighted by atomic mass is 10.0. The second-order valence-electron chi connectivity index (χ2n) is 6.30. The minimum Gasteiger partial charge on any atom is -0.472 e. The smallest absolute Gasteiger partial charge is 0.322 e. The molecule has 1 amide bonds. The first kappa shape index (κ1) is 17.9. The number of likely N-dealkylation sites (tertiary alicyclic amines) is 1. The molecule has 3 aromatic rings. The SMILES string of the molecule is O=C(c1ccoc1)N1CCC(Nc2nc(-c3cc(Cl)cc(Cl)c3)no2)CC1. The molecule has 3 heterocycles. The molecule has 1 saturated heterocycles. The van der Waals surface area contributed by atoms with E-state index in [9.17, 15) is 4.79 Å². The highest BCUT2D eigenvalue weighted by Crippen LogP contribution is 2.26. The average molecular weight is 407 g/mol. The number of nitrogens with one attached hydrogen (secondary N) is 1. The van der Waals surface area contributed by atoms with Crippen LogP contribution < -0.4 is 5.32 Å². The van der Waals surface area contributed by atoms with E-state index in [1.807, 2.05) is 4.90 Å². The average Bonchev–Trinajstić information content (AvgIpc) is 3.33. The first-order valence-electron chi connectivity index (χ1n) is 8.46. The van der Waals surface area contributed by atoms with Gasteiger partial charge in [-0.2, -0.15) is 4.98 Å². The zero-order chi connectivity index (χ0) is 18.8. The molecule has 1 aliphatic rings. The highest BCUT2D eigenvalue weighted by atomic mass is 35.5. The van der Waals surface area contributed by atoms with Gasteiger partial charge in [0.1, 0.15) is 6.26 Å². The first-order chi connectivity index (χ1) is 13.1. The molecular formula is C18H16Cl2N4O3. The van der Waals surface area contributed by atoms with Crippen LogP contribution in [0.15, 0.2) is 45.7 Å². The Labute approximate surface area is 165 Å². The fourth-order valence-electron chi connectivity index (χ4n) is 3.05. The topological polar surface area (TPSA) is 84.4 Å². The standard InChI is InChI=1S/C18H16Cl2N4O3/c19-13-7-12(8-14(20)9-13)16-22-18(27-23-16)21-15-1-4-24(5-2-15)17(25)11-3-6-26-10-11/h3,6-10,15H,1-2,4-5H2,(H,21,22,23). The third-order valence-electron chi connectivity index (χ3n) is 4.42. The summed E-state index contributed by atoms with van der Waals surface area (Å²) in [6.45, 7) is 1.29. The van der Waals surface area contributed by atoms with Crippen LogP contribution in [0.4, 0.5) is 6.01 Å². The molecule has 0 unspecified atom stereocenters. The number of carbonyl (C=O) groups excluding carboxylic acids is 1. The number of rotatable bonds is 4. The molecule has 1 N–H and O–H groups in total.